The van der Waals surface area contributed by atoms with Crippen molar-refractivity contribution in [2.45, 2.75) is 250 Å². The normalized spacial score (nSPS) is 14.6. The Kier molecular flexibility index (Phi) is 45.5. The van der Waals surface area contributed by atoms with Crippen LogP contribution in [0, 0.1) is 13.8 Å². The summed E-state index contributed by atoms with van der Waals surface area (Å²) in [5.41, 5.74) is 0. The van der Waals surface area contributed by atoms with E-state index in [1.807, 2.05) is 0 Å². The third kappa shape index (κ3) is 45.9. The molecule has 17 nitrogen and oxygen atoms in total. The van der Waals surface area contributed by atoms with Gasteiger partial charge in [0.2, 0.25) is 0 Å². The lowest BCUT2D eigenvalue weighted by atomic mass is 10.0. The topological polar surface area (TPSA) is 237 Å². The summed E-state index contributed by atoms with van der Waals surface area (Å²) in [5, 5.41) is 10.4. The van der Waals surface area contributed by atoms with Gasteiger partial charge in [0.15, 0.2) is 12.2 Å². The molecule has 414 valence electrons. The lowest BCUT2D eigenvalue weighted by Crippen LogP contribution is -2.30. The van der Waals surface area contributed by atoms with Crippen LogP contribution in [-0.4, -0.2) is 96.7 Å². The third-order valence-corrected chi connectivity index (χ3v) is 13.3. The van der Waals surface area contributed by atoms with E-state index in [9.17, 15) is 43.2 Å². The highest BCUT2D eigenvalue weighted by molar-refractivity contribution is 7.47. The van der Waals surface area contributed by atoms with Crippen LogP contribution in [0.2, 0.25) is 0 Å². The number of ether oxygens (including phenoxy) is 4. The van der Waals surface area contributed by atoms with Crippen LogP contribution < -0.4 is 0 Å². The van der Waals surface area contributed by atoms with E-state index < -0.39 is 97.5 Å². The Bertz CT molecular complexity index is 1390. The Hall–Kier alpha value is -1.94. The second-order valence-corrected chi connectivity index (χ2v) is 21.2. The highest BCUT2D eigenvalue weighted by Crippen LogP contribution is 2.45. The average molecular weight is 1040 g/mol. The molecule has 0 saturated carbocycles. The maximum absolute atomic E-state index is 12.8. The maximum Gasteiger partial charge on any atom is 0.472 e. The molecule has 0 aromatic heterocycles. The molecular formula is C51H96O17P2-2. The fraction of sp³-hybridized carbons (Fsp3) is 0.882. The van der Waals surface area contributed by atoms with Crippen LogP contribution in [0.4, 0.5) is 0 Å². The number of phosphoric acid groups is 2. The zero-order chi connectivity index (χ0) is 52.0. The van der Waals surface area contributed by atoms with Crippen LogP contribution in [0.3, 0.4) is 0 Å². The molecule has 0 aromatic carbocycles. The molecule has 5 atom stereocenters. The molecular weight excluding hydrogens is 946 g/mol. The van der Waals surface area contributed by atoms with Crippen LogP contribution in [0.15, 0.2) is 0 Å². The summed E-state index contributed by atoms with van der Waals surface area (Å²) in [6.45, 7) is 7.93. The fourth-order valence-corrected chi connectivity index (χ4v) is 8.77. The number of phosphoric ester groups is 2. The molecule has 0 aromatic rings. The molecule has 0 spiro atoms. The Labute approximate surface area is 422 Å². The van der Waals surface area contributed by atoms with E-state index in [1.165, 1.54) is 77.0 Å². The standard InChI is InChI=1S/C51H96O17P2/c1-5-9-13-17-19-21-22-23-25-26-29-32-36-49(54)62-42-47(68-51(56)38-34-30-27-24-20-18-14-10-6-2)44-66-70(59,60)64-40-45(52)39-63-69(57,58)65-43-46(41-61-48(53)35-31-16-12-8-4)67-50(55)37-33-28-15-11-7-3/h45-47,52H,3-44H2,1-2H3,(H,57,58)(H,59,60)/q-2/t45-,46-,47-/m1/s1. The van der Waals surface area contributed by atoms with E-state index in [0.717, 1.165) is 89.9 Å². The van der Waals surface area contributed by atoms with Crippen molar-refractivity contribution in [1.82, 2.24) is 0 Å². The van der Waals surface area contributed by atoms with Gasteiger partial charge >= 0.3 is 39.5 Å². The largest absolute Gasteiger partial charge is 0.472 e. The number of carbonyl (C=O) groups is 4. The van der Waals surface area contributed by atoms with E-state index in [1.54, 1.807) is 0 Å². The molecule has 3 N–H and O–H groups in total. The number of aliphatic hydroxyl groups is 1. The van der Waals surface area contributed by atoms with E-state index >= 15 is 0 Å². The highest BCUT2D eigenvalue weighted by Gasteiger charge is 2.30. The van der Waals surface area contributed by atoms with Gasteiger partial charge in [0.25, 0.3) is 0 Å². The van der Waals surface area contributed by atoms with Gasteiger partial charge < -0.3 is 47.7 Å². The van der Waals surface area contributed by atoms with Gasteiger partial charge in [0.05, 0.1) is 26.4 Å². The highest BCUT2D eigenvalue weighted by atomic mass is 31.2. The first-order valence-electron chi connectivity index (χ1n) is 26.9. The van der Waals surface area contributed by atoms with E-state index in [2.05, 4.69) is 27.7 Å². The first-order valence-corrected chi connectivity index (χ1v) is 29.9. The number of unbranched alkanes of at least 4 members (excludes halogenated alkanes) is 26. The van der Waals surface area contributed by atoms with Crippen LogP contribution in [-0.2, 0) is 65.4 Å². The predicted octanol–water partition coefficient (Wildman–Crippen LogP) is 12.5. The van der Waals surface area contributed by atoms with Crippen molar-refractivity contribution in [3.05, 3.63) is 13.8 Å². The molecule has 19 heteroatoms. The Morgan fingerprint density at radius 3 is 0.957 bits per heavy atom. The number of esters is 4. The zero-order valence-electron chi connectivity index (χ0n) is 43.4. The third-order valence-electron chi connectivity index (χ3n) is 11.4. The molecule has 0 rings (SSSR count). The summed E-state index contributed by atoms with van der Waals surface area (Å²) < 4.78 is 66.8. The molecule has 0 saturated heterocycles. The molecule has 0 radical (unpaired) electrons. The quantitative estimate of drug-likeness (QED) is 0.0169. The fourth-order valence-electron chi connectivity index (χ4n) is 7.19. The van der Waals surface area contributed by atoms with Gasteiger partial charge in [0.1, 0.15) is 19.3 Å². The minimum absolute atomic E-state index is 0.0722. The molecule has 0 aliphatic rings. The average Bonchev–Trinajstić information content (AvgIpc) is 3.33. The van der Waals surface area contributed by atoms with Crippen LogP contribution in [0.5, 0.6) is 0 Å². The molecule has 0 bridgehead atoms. The molecule has 0 aliphatic heterocycles. The van der Waals surface area contributed by atoms with Gasteiger partial charge in [-0.2, -0.15) is 12.8 Å². The van der Waals surface area contributed by atoms with E-state index in [4.69, 9.17) is 37.0 Å². The molecule has 2 unspecified atom stereocenters. The number of rotatable bonds is 52. The predicted molar refractivity (Wildman–Crippen MR) is 270 cm³/mol. The molecule has 0 fully saturated rings. The smallest absolute Gasteiger partial charge is 0.462 e. The maximum atomic E-state index is 12.8. The van der Waals surface area contributed by atoms with Crippen LogP contribution in [0.25, 0.3) is 0 Å². The lowest BCUT2D eigenvalue weighted by Gasteiger charge is -2.21. The van der Waals surface area contributed by atoms with Crippen LogP contribution >= 0.6 is 15.6 Å². The van der Waals surface area contributed by atoms with E-state index in [-0.39, 0.29) is 25.7 Å². The Morgan fingerprint density at radius 1 is 0.386 bits per heavy atom. The molecule has 70 heavy (non-hydrogen) atoms. The number of aliphatic hydroxyl groups excluding tert-OH is 1. The van der Waals surface area contributed by atoms with E-state index in [0.29, 0.717) is 25.7 Å². The molecule has 0 heterocycles. The summed E-state index contributed by atoms with van der Waals surface area (Å²) in [6, 6.07) is 0. The van der Waals surface area contributed by atoms with Crippen molar-refractivity contribution >= 4 is 39.5 Å². The minimum Gasteiger partial charge on any atom is -0.462 e. The van der Waals surface area contributed by atoms with Gasteiger partial charge in [-0.1, -0.05) is 168 Å². The Morgan fingerprint density at radius 2 is 0.643 bits per heavy atom. The van der Waals surface area contributed by atoms with Crippen molar-refractivity contribution in [3.8, 4) is 0 Å². The van der Waals surface area contributed by atoms with Gasteiger partial charge in [-0.3, -0.25) is 37.3 Å². The second kappa shape index (κ2) is 46.8. The van der Waals surface area contributed by atoms with Gasteiger partial charge in [-0.25, -0.2) is 9.13 Å². The van der Waals surface area contributed by atoms with Crippen molar-refractivity contribution in [2.75, 3.05) is 39.6 Å². The van der Waals surface area contributed by atoms with Gasteiger partial charge in [-0.15, -0.1) is 0 Å². The van der Waals surface area contributed by atoms with Crippen molar-refractivity contribution in [1.29, 1.82) is 0 Å². The number of hydrogen-bond acceptors (Lipinski definition) is 15. The second-order valence-electron chi connectivity index (χ2n) is 18.3. The number of hydrogen-bond donors (Lipinski definition) is 3. The Balaban J connectivity index is 5.11. The SMILES string of the molecule is [CH2-]CCCCCCC(=O)O[C@H](COC(=O)CCCCC[CH2-])COP(=O)(O)OC[C@@H](O)COP(=O)(O)OC[C@@H](COC(=O)CCCCCCCCCCCCCC)OC(=O)CCCCCCCCCCC. The van der Waals surface area contributed by atoms with Crippen LogP contribution in [0.1, 0.15) is 232 Å². The first-order chi connectivity index (χ1) is 33.7. The van der Waals surface area contributed by atoms with Crippen molar-refractivity contribution < 1.29 is 80.2 Å². The summed E-state index contributed by atoms with van der Waals surface area (Å²) >= 11 is 0. The lowest BCUT2D eigenvalue weighted by molar-refractivity contribution is -0.161. The summed E-state index contributed by atoms with van der Waals surface area (Å²) in [6.07, 6.45) is 26.4. The van der Waals surface area contributed by atoms with Gasteiger partial charge in [-0.05, 0) is 25.7 Å². The van der Waals surface area contributed by atoms with Crippen molar-refractivity contribution in [2.24, 2.45) is 0 Å². The summed E-state index contributed by atoms with van der Waals surface area (Å²) in [5.74, 6) is -2.24. The monoisotopic (exact) mass is 1040 g/mol. The molecule has 0 amide bonds. The summed E-state index contributed by atoms with van der Waals surface area (Å²) in [7, 11) is -9.85. The first kappa shape index (κ1) is 68.1. The number of carbonyl (C=O) groups excluding carboxylic acids is 4. The van der Waals surface area contributed by atoms with Gasteiger partial charge in [0, 0.05) is 25.7 Å². The minimum atomic E-state index is -4.93. The summed E-state index contributed by atoms with van der Waals surface area (Å²) in [4.78, 5) is 70.9. The zero-order valence-corrected chi connectivity index (χ0v) is 45.2. The molecule has 0 aliphatic carbocycles. The van der Waals surface area contributed by atoms with Crippen molar-refractivity contribution in [3.63, 3.8) is 0 Å².